The average Bonchev–Trinajstić information content (AvgIpc) is 3.00. The summed E-state index contributed by atoms with van der Waals surface area (Å²) in [6, 6.07) is 0.911. The molecule has 1 heteroatoms. The van der Waals surface area contributed by atoms with E-state index in [1.807, 2.05) is 0 Å². The molecule has 2 fully saturated rings. The predicted octanol–water partition coefficient (Wildman–Crippen LogP) is 4.08. The van der Waals surface area contributed by atoms with Gasteiger partial charge in [0.25, 0.3) is 0 Å². The monoisotopic (exact) mass is 223 g/mol. The molecule has 16 heavy (non-hydrogen) atoms. The van der Waals surface area contributed by atoms with Crippen molar-refractivity contribution in [3.63, 3.8) is 0 Å². The summed E-state index contributed by atoms with van der Waals surface area (Å²) >= 11 is 0. The second-order valence-corrected chi connectivity index (χ2v) is 7.23. The number of hydrogen-bond donors (Lipinski definition) is 0. The van der Waals surface area contributed by atoms with Crippen molar-refractivity contribution < 1.29 is 0 Å². The van der Waals surface area contributed by atoms with Crippen LogP contribution in [-0.4, -0.2) is 24.0 Å². The fourth-order valence-electron chi connectivity index (χ4n) is 3.03. The second-order valence-electron chi connectivity index (χ2n) is 7.23. The molecule has 0 aromatic heterocycles. The summed E-state index contributed by atoms with van der Waals surface area (Å²) in [6.07, 6.45) is 10.3. The smallest absolute Gasteiger partial charge is 0.00956 e. The topological polar surface area (TPSA) is 3.24 Å². The Balaban J connectivity index is 1.89. The van der Waals surface area contributed by atoms with Gasteiger partial charge in [0.2, 0.25) is 0 Å². The summed E-state index contributed by atoms with van der Waals surface area (Å²) in [4.78, 5) is 2.83. The Hall–Kier alpha value is -0.0400. The van der Waals surface area contributed by atoms with Gasteiger partial charge in [-0.25, -0.2) is 0 Å². The van der Waals surface area contributed by atoms with Gasteiger partial charge in [-0.1, -0.05) is 40.0 Å². The zero-order chi connectivity index (χ0) is 11.6. The summed E-state index contributed by atoms with van der Waals surface area (Å²) < 4.78 is 0. The molecule has 0 saturated heterocycles. The SMILES string of the molecule is CC(C)(C)CN(CC1CC1)C1CCCCC1. The van der Waals surface area contributed by atoms with Gasteiger partial charge >= 0.3 is 0 Å². The van der Waals surface area contributed by atoms with Gasteiger partial charge in [0.05, 0.1) is 0 Å². The third-order valence-electron chi connectivity index (χ3n) is 3.96. The molecule has 0 aliphatic heterocycles. The van der Waals surface area contributed by atoms with E-state index in [2.05, 4.69) is 25.7 Å². The number of nitrogens with zero attached hydrogens (tertiary/aromatic N) is 1. The van der Waals surface area contributed by atoms with Crippen LogP contribution < -0.4 is 0 Å². The van der Waals surface area contributed by atoms with Crippen LogP contribution in [0.2, 0.25) is 0 Å². The van der Waals surface area contributed by atoms with E-state index in [0.29, 0.717) is 5.41 Å². The molecular weight excluding hydrogens is 194 g/mol. The molecule has 0 radical (unpaired) electrons. The normalized spacial score (nSPS) is 24.0. The highest BCUT2D eigenvalue weighted by Gasteiger charge is 2.30. The van der Waals surface area contributed by atoms with Gasteiger partial charge in [-0.3, -0.25) is 4.90 Å². The van der Waals surface area contributed by atoms with Crippen LogP contribution in [0.4, 0.5) is 0 Å². The lowest BCUT2D eigenvalue weighted by atomic mass is 9.90. The van der Waals surface area contributed by atoms with Crippen molar-refractivity contribution in [2.24, 2.45) is 11.3 Å². The Morgan fingerprint density at radius 1 is 0.938 bits per heavy atom. The summed E-state index contributed by atoms with van der Waals surface area (Å²) in [5, 5.41) is 0. The Bertz CT molecular complexity index is 206. The molecule has 2 aliphatic carbocycles. The van der Waals surface area contributed by atoms with Crippen LogP contribution >= 0.6 is 0 Å². The molecule has 0 atom stereocenters. The highest BCUT2D eigenvalue weighted by Crippen LogP contribution is 2.34. The molecule has 0 N–H and O–H groups in total. The summed E-state index contributed by atoms with van der Waals surface area (Å²) in [6.45, 7) is 9.84. The molecule has 2 aliphatic rings. The zero-order valence-electron chi connectivity index (χ0n) is 11.5. The molecule has 2 rings (SSSR count). The first kappa shape index (κ1) is 12.4. The molecule has 0 bridgehead atoms. The maximum atomic E-state index is 2.83. The molecular formula is C15H29N. The molecule has 2 saturated carbocycles. The van der Waals surface area contributed by atoms with E-state index < -0.39 is 0 Å². The van der Waals surface area contributed by atoms with Crippen LogP contribution in [0.1, 0.15) is 65.7 Å². The minimum atomic E-state index is 0.465. The van der Waals surface area contributed by atoms with Crippen molar-refractivity contribution in [1.29, 1.82) is 0 Å². The zero-order valence-corrected chi connectivity index (χ0v) is 11.5. The van der Waals surface area contributed by atoms with Gasteiger partial charge in [0, 0.05) is 19.1 Å². The Labute approximate surface area is 102 Å². The van der Waals surface area contributed by atoms with Crippen LogP contribution in [-0.2, 0) is 0 Å². The largest absolute Gasteiger partial charge is 0.300 e. The number of hydrogen-bond acceptors (Lipinski definition) is 1. The fraction of sp³-hybridized carbons (Fsp3) is 1.00. The van der Waals surface area contributed by atoms with Crippen LogP contribution in [0.25, 0.3) is 0 Å². The first-order valence-corrected chi connectivity index (χ1v) is 7.29. The van der Waals surface area contributed by atoms with E-state index in [1.54, 1.807) is 0 Å². The minimum absolute atomic E-state index is 0.465. The Morgan fingerprint density at radius 3 is 2.06 bits per heavy atom. The first-order chi connectivity index (χ1) is 7.54. The van der Waals surface area contributed by atoms with E-state index >= 15 is 0 Å². The Kier molecular flexibility index (Phi) is 3.94. The van der Waals surface area contributed by atoms with Crippen LogP contribution in [0.3, 0.4) is 0 Å². The van der Waals surface area contributed by atoms with E-state index in [-0.39, 0.29) is 0 Å². The van der Waals surface area contributed by atoms with E-state index in [0.717, 1.165) is 12.0 Å². The standard InChI is InChI=1S/C15H29N/c1-15(2,3)12-16(11-13-9-10-13)14-7-5-4-6-8-14/h13-14H,4-12H2,1-3H3. The Morgan fingerprint density at radius 2 is 1.56 bits per heavy atom. The second kappa shape index (κ2) is 5.08. The minimum Gasteiger partial charge on any atom is -0.300 e. The number of rotatable bonds is 4. The van der Waals surface area contributed by atoms with Gasteiger partial charge in [-0.05, 0) is 37.0 Å². The van der Waals surface area contributed by atoms with Gasteiger partial charge in [-0.15, -0.1) is 0 Å². The van der Waals surface area contributed by atoms with Crippen LogP contribution in [0.5, 0.6) is 0 Å². The average molecular weight is 223 g/mol. The molecule has 0 unspecified atom stereocenters. The van der Waals surface area contributed by atoms with E-state index in [4.69, 9.17) is 0 Å². The molecule has 0 aromatic carbocycles. The van der Waals surface area contributed by atoms with Gasteiger partial charge in [0.15, 0.2) is 0 Å². The third-order valence-corrected chi connectivity index (χ3v) is 3.96. The maximum Gasteiger partial charge on any atom is 0.00956 e. The van der Waals surface area contributed by atoms with E-state index in [1.165, 1.54) is 58.0 Å². The quantitative estimate of drug-likeness (QED) is 0.694. The van der Waals surface area contributed by atoms with Gasteiger partial charge < -0.3 is 0 Å². The van der Waals surface area contributed by atoms with Crippen molar-refractivity contribution >= 4 is 0 Å². The lowest BCUT2D eigenvalue weighted by Crippen LogP contribution is -2.42. The predicted molar refractivity (Wildman–Crippen MR) is 70.6 cm³/mol. The lowest BCUT2D eigenvalue weighted by Gasteiger charge is -2.38. The van der Waals surface area contributed by atoms with Crippen molar-refractivity contribution in [3.05, 3.63) is 0 Å². The van der Waals surface area contributed by atoms with Crippen LogP contribution in [0, 0.1) is 11.3 Å². The molecule has 0 amide bonds. The molecule has 0 aromatic rings. The van der Waals surface area contributed by atoms with Gasteiger partial charge in [-0.2, -0.15) is 0 Å². The van der Waals surface area contributed by atoms with Crippen molar-refractivity contribution in [3.8, 4) is 0 Å². The van der Waals surface area contributed by atoms with Gasteiger partial charge in [0.1, 0.15) is 0 Å². The first-order valence-electron chi connectivity index (χ1n) is 7.29. The van der Waals surface area contributed by atoms with Crippen molar-refractivity contribution in [2.75, 3.05) is 13.1 Å². The highest BCUT2D eigenvalue weighted by molar-refractivity contribution is 4.84. The van der Waals surface area contributed by atoms with Crippen molar-refractivity contribution in [2.45, 2.75) is 71.8 Å². The van der Waals surface area contributed by atoms with E-state index in [9.17, 15) is 0 Å². The molecule has 0 spiro atoms. The van der Waals surface area contributed by atoms with Crippen molar-refractivity contribution in [1.82, 2.24) is 4.90 Å². The fourth-order valence-corrected chi connectivity index (χ4v) is 3.03. The maximum absolute atomic E-state index is 2.83. The third kappa shape index (κ3) is 4.08. The van der Waals surface area contributed by atoms with Crippen LogP contribution in [0.15, 0.2) is 0 Å². The summed E-state index contributed by atoms with van der Waals surface area (Å²) in [7, 11) is 0. The molecule has 1 nitrogen and oxygen atoms in total. The molecule has 94 valence electrons. The highest BCUT2D eigenvalue weighted by atomic mass is 15.2. The summed E-state index contributed by atoms with van der Waals surface area (Å²) in [5.74, 6) is 1.05. The molecule has 0 heterocycles. The summed E-state index contributed by atoms with van der Waals surface area (Å²) in [5.41, 5.74) is 0.465. The lowest BCUT2D eigenvalue weighted by molar-refractivity contribution is 0.106.